The maximum Gasteiger partial charge on any atom is 0.138 e. The number of Topliss-reactive ketones (excluding diaryl/α,β-unsaturated/α-hetero) is 2. The van der Waals surface area contributed by atoms with Gasteiger partial charge in [0, 0.05) is 17.9 Å². The van der Waals surface area contributed by atoms with Crippen molar-refractivity contribution in [2.24, 2.45) is 5.92 Å². The van der Waals surface area contributed by atoms with E-state index in [1.165, 1.54) is 0 Å². The molecule has 0 amide bonds. The Bertz CT molecular complexity index is 378. The molecule has 0 aliphatic heterocycles. The molecule has 0 N–H and O–H groups in total. The molecule has 1 saturated carbocycles. The summed E-state index contributed by atoms with van der Waals surface area (Å²) in [6, 6.07) is 1.79. The lowest BCUT2D eigenvalue weighted by Gasteiger charge is -2.26. The SMILES string of the molecule is CC(=O)[C@@H](c1ccoc1)[C@@H]1CCCCC1=O. The molecule has 0 spiro atoms. The van der Waals surface area contributed by atoms with Crippen LogP contribution in [-0.4, -0.2) is 11.6 Å². The first kappa shape index (κ1) is 11.1. The van der Waals surface area contributed by atoms with E-state index in [9.17, 15) is 9.59 Å². The van der Waals surface area contributed by atoms with Crippen LogP contribution in [0.4, 0.5) is 0 Å². The van der Waals surface area contributed by atoms with Gasteiger partial charge in [-0.25, -0.2) is 0 Å². The largest absolute Gasteiger partial charge is 0.472 e. The van der Waals surface area contributed by atoms with Gasteiger partial charge in [0.15, 0.2) is 0 Å². The van der Waals surface area contributed by atoms with Crippen molar-refractivity contribution in [3.8, 4) is 0 Å². The number of ketones is 2. The first-order valence-electron chi connectivity index (χ1n) is 5.75. The number of rotatable bonds is 3. The van der Waals surface area contributed by atoms with Crippen molar-refractivity contribution < 1.29 is 14.0 Å². The van der Waals surface area contributed by atoms with Crippen LogP contribution in [0.3, 0.4) is 0 Å². The van der Waals surface area contributed by atoms with Crippen molar-refractivity contribution >= 4 is 11.6 Å². The Morgan fingerprint density at radius 3 is 2.88 bits per heavy atom. The lowest BCUT2D eigenvalue weighted by atomic mass is 9.75. The molecule has 16 heavy (non-hydrogen) atoms. The van der Waals surface area contributed by atoms with E-state index >= 15 is 0 Å². The second-order valence-electron chi connectivity index (χ2n) is 4.46. The predicted octanol–water partition coefficient (Wildman–Crippen LogP) is 2.71. The zero-order valence-corrected chi connectivity index (χ0v) is 9.44. The molecule has 1 aliphatic rings. The molecule has 1 aromatic rings. The fourth-order valence-corrected chi connectivity index (χ4v) is 2.56. The van der Waals surface area contributed by atoms with Crippen LogP contribution in [0.15, 0.2) is 23.0 Å². The van der Waals surface area contributed by atoms with E-state index in [2.05, 4.69) is 0 Å². The highest BCUT2D eigenvalue weighted by atomic mass is 16.3. The topological polar surface area (TPSA) is 47.3 Å². The van der Waals surface area contributed by atoms with Crippen LogP contribution in [-0.2, 0) is 9.59 Å². The predicted molar refractivity (Wildman–Crippen MR) is 59.1 cm³/mol. The van der Waals surface area contributed by atoms with Crippen LogP contribution in [0.2, 0.25) is 0 Å². The Balaban J connectivity index is 2.25. The molecule has 86 valence electrons. The summed E-state index contributed by atoms with van der Waals surface area (Å²) in [6.07, 6.45) is 6.58. The molecule has 0 radical (unpaired) electrons. The molecule has 3 heteroatoms. The maximum absolute atomic E-state index is 11.9. The average Bonchev–Trinajstić information content (AvgIpc) is 2.74. The molecule has 2 rings (SSSR count). The summed E-state index contributed by atoms with van der Waals surface area (Å²) in [5.74, 6) is -0.148. The third kappa shape index (κ3) is 2.08. The lowest BCUT2D eigenvalue weighted by Crippen LogP contribution is -2.29. The quantitative estimate of drug-likeness (QED) is 0.786. The van der Waals surface area contributed by atoms with Gasteiger partial charge >= 0.3 is 0 Å². The molecule has 0 saturated heterocycles. The fraction of sp³-hybridized carbons (Fsp3) is 0.538. The molecule has 1 aliphatic carbocycles. The van der Waals surface area contributed by atoms with Gasteiger partial charge in [0.05, 0.1) is 18.4 Å². The number of hydrogen-bond donors (Lipinski definition) is 0. The van der Waals surface area contributed by atoms with Gasteiger partial charge in [-0.3, -0.25) is 9.59 Å². The molecule has 0 bridgehead atoms. The van der Waals surface area contributed by atoms with Crippen LogP contribution in [0.25, 0.3) is 0 Å². The smallest absolute Gasteiger partial charge is 0.138 e. The third-order valence-electron chi connectivity index (χ3n) is 3.34. The average molecular weight is 220 g/mol. The van der Waals surface area contributed by atoms with Crippen molar-refractivity contribution in [2.45, 2.75) is 38.5 Å². The Labute approximate surface area is 94.8 Å². The molecule has 1 aromatic heterocycles. The molecule has 3 nitrogen and oxygen atoms in total. The van der Waals surface area contributed by atoms with E-state index in [1.807, 2.05) is 0 Å². The molecular formula is C13H16O3. The van der Waals surface area contributed by atoms with Gasteiger partial charge in [-0.05, 0) is 25.8 Å². The van der Waals surface area contributed by atoms with Crippen molar-refractivity contribution in [3.63, 3.8) is 0 Å². The number of carbonyl (C=O) groups is 2. The minimum atomic E-state index is -0.299. The van der Waals surface area contributed by atoms with Crippen molar-refractivity contribution in [2.75, 3.05) is 0 Å². The van der Waals surface area contributed by atoms with E-state index in [0.29, 0.717) is 6.42 Å². The van der Waals surface area contributed by atoms with Gasteiger partial charge in [-0.1, -0.05) is 6.42 Å². The summed E-state index contributed by atoms with van der Waals surface area (Å²) in [5.41, 5.74) is 0.841. The summed E-state index contributed by atoms with van der Waals surface area (Å²) in [7, 11) is 0. The monoisotopic (exact) mass is 220 g/mol. The van der Waals surface area contributed by atoms with E-state index in [-0.39, 0.29) is 23.4 Å². The zero-order valence-electron chi connectivity index (χ0n) is 9.44. The summed E-state index contributed by atoms with van der Waals surface area (Å²) in [5, 5.41) is 0. The standard InChI is InChI=1S/C13H16O3/c1-9(14)13(10-6-7-16-8-10)11-4-2-3-5-12(11)15/h6-8,11,13H,2-5H2,1H3/t11-,13+/m1/s1. The Morgan fingerprint density at radius 1 is 1.50 bits per heavy atom. The van der Waals surface area contributed by atoms with Crippen LogP contribution in [0.1, 0.15) is 44.1 Å². The van der Waals surface area contributed by atoms with Gasteiger partial charge in [-0.15, -0.1) is 0 Å². The van der Waals surface area contributed by atoms with Crippen LogP contribution in [0, 0.1) is 5.92 Å². The summed E-state index contributed by atoms with van der Waals surface area (Å²) in [6.45, 7) is 1.56. The second kappa shape index (κ2) is 4.64. The van der Waals surface area contributed by atoms with Gasteiger partial charge < -0.3 is 4.42 Å². The first-order chi connectivity index (χ1) is 7.70. The van der Waals surface area contributed by atoms with Gasteiger partial charge in [0.25, 0.3) is 0 Å². The molecule has 1 fully saturated rings. The van der Waals surface area contributed by atoms with Gasteiger partial charge in [0.1, 0.15) is 11.6 Å². The van der Waals surface area contributed by atoms with Crippen LogP contribution >= 0.6 is 0 Å². The highest BCUT2D eigenvalue weighted by molar-refractivity contribution is 5.92. The van der Waals surface area contributed by atoms with E-state index in [1.54, 1.807) is 25.5 Å². The highest BCUT2D eigenvalue weighted by Gasteiger charge is 2.34. The van der Waals surface area contributed by atoms with Crippen molar-refractivity contribution in [3.05, 3.63) is 24.2 Å². The van der Waals surface area contributed by atoms with E-state index in [0.717, 1.165) is 24.8 Å². The molecular weight excluding hydrogens is 204 g/mol. The number of furan rings is 1. The lowest BCUT2D eigenvalue weighted by molar-refractivity contribution is -0.130. The summed E-state index contributed by atoms with van der Waals surface area (Å²) < 4.78 is 5.01. The fourth-order valence-electron chi connectivity index (χ4n) is 2.56. The molecule has 1 heterocycles. The van der Waals surface area contributed by atoms with E-state index in [4.69, 9.17) is 4.42 Å². The summed E-state index contributed by atoms with van der Waals surface area (Å²) >= 11 is 0. The van der Waals surface area contributed by atoms with Crippen LogP contribution < -0.4 is 0 Å². The summed E-state index contributed by atoms with van der Waals surface area (Å²) in [4.78, 5) is 23.5. The molecule has 2 atom stereocenters. The third-order valence-corrected chi connectivity index (χ3v) is 3.34. The van der Waals surface area contributed by atoms with Crippen LogP contribution in [0.5, 0.6) is 0 Å². The van der Waals surface area contributed by atoms with Crippen molar-refractivity contribution in [1.82, 2.24) is 0 Å². The Kier molecular flexibility index (Phi) is 3.22. The molecule has 0 unspecified atom stereocenters. The zero-order chi connectivity index (χ0) is 11.5. The Hall–Kier alpha value is -1.38. The number of hydrogen-bond acceptors (Lipinski definition) is 3. The molecule has 0 aromatic carbocycles. The normalized spacial score (nSPS) is 23.1. The van der Waals surface area contributed by atoms with Gasteiger partial charge in [0.2, 0.25) is 0 Å². The van der Waals surface area contributed by atoms with E-state index < -0.39 is 0 Å². The van der Waals surface area contributed by atoms with Crippen molar-refractivity contribution in [1.29, 1.82) is 0 Å². The Morgan fingerprint density at radius 2 is 2.31 bits per heavy atom. The van der Waals surface area contributed by atoms with Gasteiger partial charge in [-0.2, -0.15) is 0 Å². The second-order valence-corrected chi connectivity index (χ2v) is 4.46. The minimum absolute atomic E-state index is 0.0571. The minimum Gasteiger partial charge on any atom is -0.472 e. The highest BCUT2D eigenvalue weighted by Crippen LogP contribution is 2.34. The number of carbonyl (C=O) groups excluding carboxylic acids is 2. The first-order valence-corrected chi connectivity index (χ1v) is 5.75. The maximum atomic E-state index is 11.9.